The maximum atomic E-state index is 4.96. The number of fused-ring (bicyclic) bond motifs is 2. The van der Waals surface area contributed by atoms with Gasteiger partial charge in [-0.25, -0.2) is 4.98 Å². The van der Waals surface area contributed by atoms with Crippen molar-refractivity contribution in [2.75, 3.05) is 0 Å². The number of aromatic nitrogens is 1. The molecule has 42 heavy (non-hydrogen) atoms. The van der Waals surface area contributed by atoms with Gasteiger partial charge in [0.1, 0.15) is 0 Å². The molecule has 4 aromatic carbocycles. The number of rotatable bonds is 6. The predicted octanol–water partition coefficient (Wildman–Crippen LogP) is 10.2. The van der Waals surface area contributed by atoms with Gasteiger partial charge in [-0.2, -0.15) is 0 Å². The second-order valence-electron chi connectivity index (χ2n) is 11.1. The molecule has 0 fully saturated rings. The molecule has 2 unspecified atom stereocenters. The Bertz CT molecular complexity index is 1860. The van der Waals surface area contributed by atoms with E-state index in [2.05, 4.69) is 152 Å². The molecule has 5 aromatic rings. The van der Waals surface area contributed by atoms with Gasteiger partial charge in [-0.3, -0.25) is 4.99 Å². The van der Waals surface area contributed by atoms with E-state index in [-0.39, 0.29) is 0 Å². The Hall–Kier alpha value is -5.08. The Balaban J connectivity index is 0.988. The Kier molecular flexibility index (Phi) is 7.27. The highest BCUT2D eigenvalue weighted by Gasteiger charge is 2.25. The van der Waals surface area contributed by atoms with Crippen LogP contribution in [0.5, 0.6) is 0 Å². The van der Waals surface area contributed by atoms with E-state index in [0.717, 1.165) is 46.3 Å². The van der Waals surface area contributed by atoms with Crippen molar-refractivity contribution in [2.24, 2.45) is 10.9 Å². The Morgan fingerprint density at radius 2 is 1.38 bits per heavy atom. The zero-order chi connectivity index (χ0) is 28.1. The third-order valence-corrected chi connectivity index (χ3v) is 8.20. The lowest BCUT2D eigenvalue weighted by Crippen LogP contribution is -2.21. The van der Waals surface area contributed by atoms with Crippen LogP contribution in [0.2, 0.25) is 0 Å². The fourth-order valence-corrected chi connectivity index (χ4v) is 5.84. The SMILES string of the molecule is C1=CC(c2ccccc2)CC2CC=C(/C=C/c3ccc(/C=C/c4ccc5cc(-c6ccccc6)ccc5n4)cc3)N=C12. The molecule has 2 nitrogen and oxygen atoms in total. The molecule has 0 N–H and O–H groups in total. The molecule has 0 saturated carbocycles. The summed E-state index contributed by atoms with van der Waals surface area (Å²) >= 11 is 0. The van der Waals surface area contributed by atoms with Gasteiger partial charge in [0.05, 0.1) is 16.9 Å². The summed E-state index contributed by atoms with van der Waals surface area (Å²) in [6, 6.07) is 40.5. The number of aliphatic imine (C=N–C) groups is 1. The minimum atomic E-state index is 0.485. The third-order valence-electron chi connectivity index (χ3n) is 8.20. The summed E-state index contributed by atoms with van der Waals surface area (Å²) in [4.78, 5) is 9.81. The fraction of sp³-hybridized carbons (Fsp3) is 0.100. The van der Waals surface area contributed by atoms with E-state index in [1.54, 1.807) is 0 Å². The van der Waals surface area contributed by atoms with Gasteiger partial charge in [0.15, 0.2) is 0 Å². The summed E-state index contributed by atoms with van der Waals surface area (Å²) in [7, 11) is 0. The maximum absolute atomic E-state index is 4.96. The summed E-state index contributed by atoms with van der Waals surface area (Å²) in [6.45, 7) is 0. The number of benzene rings is 4. The molecule has 1 aliphatic heterocycles. The van der Waals surface area contributed by atoms with Gasteiger partial charge in [-0.1, -0.05) is 121 Å². The molecule has 1 aliphatic carbocycles. The summed E-state index contributed by atoms with van der Waals surface area (Å²) in [6.07, 6.45) is 17.5. The smallest absolute Gasteiger partial charge is 0.0709 e. The van der Waals surface area contributed by atoms with Crippen LogP contribution in [0.4, 0.5) is 0 Å². The Labute approximate surface area is 247 Å². The zero-order valence-corrected chi connectivity index (χ0v) is 23.5. The lowest BCUT2D eigenvalue weighted by molar-refractivity contribution is 0.575. The molecular formula is C40H32N2. The average molecular weight is 541 g/mol. The van der Waals surface area contributed by atoms with Crippen molar-refractivity contribution < 1.29 is 0 Å². The quantitative estimate of drug-likeness (QED) is 0.210. The van der Waals surface area contributed by atoms with Gasteiger partial charge >= 0.3 is 0 Å². The van der Waals surface area contributed by atoms with E-state index >= 15 is 0 Å². The van der Waals surface area contributed by atoms with Crippen LogP contribution in [0.15, 0.2) is 150 Å². The van der Waals surface area contributed by atoms with Gasteiger partial charge < -0.3 is 0 Å². The van der Waals surface area contributed by atoms with Crippen LogP contribution < -0.4 is 0 Å². The van der Waals surface area contributed by atoms with Crippen LogP contribution in [0.1, 0.15) is 41.1 Å². The van der Waals surface area contributed by atoms with Crippen LogP contribution in [0.25, 0.3) is 40.3 Å². The zero-order valence-electron chi connectivity index (χ0n) is 23.5. The van der Waals surface area contributed by atoms with E-state index in [1.807, 2.05) is 6.07 Å². The highest BCUT2D eigenvalue weighted by atomic mass is 14.8. The largest absolute Gasteiger partial charge is 0.254 e. The molecule has 0 bridgehead atoms. The fourth-order valence-electron chi connectivity index (χ4n) is 5.84. The number of hydrogen-bond donors (Lipinski definition) is 0. The lowest BCUT2D eigenvalue weighted by Gasteiger charge is -2.28. The summed E-state index contributed by atoms with van der Waals surface area (Å²) < 4.78 is 0. The van der Waals surface area contributed by atoms with Crippen molar-refractivity contribution in [1.82, 2.24) is 4.98 Å². The van der Waals surface area contributed by atoms with Crippen molar-refractivity contribution in [3.63, 3.8) is 0 Å². The third kappa shape index (κ3) is 5.84. The minimum Gasteiger partial charge on any atom is -0.254 e. The normalized spacial score (nSPS) is 18.3. The van der Waals surface area contributed by atoms with Crippen LogP contribution >= 0.6 is 0 Å². The maximum Gasteiger partial charge on any atom is 0.0709 e. The first-order valence-corrected chi connectivity index (χ1v) is 14.7. The van der Waals surface area contributed by atoms with Crippen molar-refractivity contribution in [3.05, 3.63) is 168 Å². The first-order valence-electron chi connectivity index (χ1n) is 14.7. The van der Waals surface area contributed by atoms with Gasteiger partial charge in [0, 0.05) is 22.9 Å². The summed E-state index contributed by atoms with van der Waals surface area (Å²) in [5.41, 5.74) is 10.4. The van der Waals surface area contributed by atoms with Crippen molar-refractivity contribution in [3.8, 4) is 11.1 Å². The Morgan fingerprint density at radius 1 is 0.643 bits per heavy atom. The number of nitrogens with zero attached hydrogens (tertiary/aromatic N) is 2. The first-order chi connectivity index (χ1) is 20.8. The number of pyridine rings is 1. The molecule has 1 aromatic heterocycles. The van der Waals surface area contributed by atoms with Gasteiger partial charge in [0.25, 0.3) is 0 Å². The van der Waals surface area contributed by atoms with Crippen LogP contribution in [0, 0.1) is 5.92 Å². The molecule has 2 heteroatoms. The lowest BCUT2D eigenvalue weighted by atomic mass is 9.79. The van der Waals surface area contributed by atoms with E-state index in [4.69, 9.17) is 9.98 Å². The van der Waals surface area contributed by atoms with Crippen LogP contribution in [0.3, 0.4) is 0 Å². The van der Waals surface area contributed by atoms with E-state index in [9.17, 15) is 0 Å². The highest BCUT2D eigenvalue weighted by molar-refractivity contribution is 5.99. The molecule has 0 radical (unpaired) electrons. The van der Waals surface area contributed by atoms with Gasteiger partial charge in [-0.15, -0.1) is 0 Å². The van der Waals surface area contributed by atoms with Gasteiger partial charge in [-0.05, 0) is 77.1 Å². The van der Waals surface area contributed by atoms with Crippen molar-refractivity contribution >= 4 is 34.8 Å². The second kappa shape index (κ2) is 11.8. The molecule has 202 valence electrons. The molecule has 2 atom stereocenters. The summed E-state index contributed by atoms with van der Waals surface area (Å²) in [5, 5.41) is 1.15. The average Bonchev–Trinajstić information content (AvgIpc) is 3.07. The molecule has 7 rings (SSSR count). The molecule has 0 saturated heterocycles. The van der Waals surface area contributed by atoms with Crippen molar-refractivity contribution in [1.29, 1.82) is 0 Å². The second-order valence-corrected chi connectivity index (χ2v) is 11.1. The van der Waals surface area contributed by atoms with E-state index in [0.29, 0.717) is 11.8 Å². The molecule has 0 amide bonds. The molecule has 2 heterocycles. The highest BCUT2D eigenvalue weighted by Crippen LogP contribution is 2.35. The van der Waals surface area contributed by atoms with E-state index < -0.39 is 0 Å². The monoisotopic (exact) mass is 540 g/mol. The van der Waals surface area contributed by atoms with Crippen LogP contribution in [-0.4, -0.2) is 10.7 Å². The number of hydrogen-bond acceptors (Lipinski definition) is 2. The topological polar surface area (TPSA) is 25.2 Å². The standard InChI is InChI=1S/C40H32N2/c1-3-7-31(8-4-1)33-19-25-39-35(27-33)17-23-37(41-39)21-15-29-11-13-30(14-12-29)16-22-38-24-18-36-28-34(20-26-40(36)42-38)32-9-5-2-6-10-32/h1-17,19-27,34,36H,18,28H2/b21-15+,22-16+. The molecular weight excluding hydrogens is 508 g/mol. The van der Waals surface area contributed by atoms with Crippen LogP contribution in [-0.2, 0) is 0 Å². The molecule has 2 aliphatic rings. The number of allylic oxidation sites excluding steroid dienone is 4. The first kappa shape index (κ1) is 25.9. The Morgan fingerprint density at radius 3 is 2.17 bits per heavy atom. The van der Waals surface area contributed by atoms with Gasteiger partial charge in [0.2, 0.25) is 0 Å². The summed E-state index contributed by atoms with van der Waals surface area (Å²) in [5.74, 6) is 0.991. The predicted molar refractivity (Wildman–Crippen MR) is 178 cm³/mol. The van der Waals surface area contributed by atoms with E-state index in [1.165, 1.54) is 22.4 Å². The van der Waals surface area contributed by atoms with Crippen molar-refractivity contribution in [2.45, 2.75) is 18.8 Å². The minimum absolute atomic E-state index is 0.485. The molecule has 0 spiro atoms.